The van der Waals surface area contributed by atoms with Gasteiger partial charge >= 0.3 is 0 Å². The molecular formula is C20H19FN4OS. The molecule has 5 nitrogen and oxygen atoms in total. The molecule has 0 radical (unpaired) electrons. The molecule has 1 aliphatic rings. The van der Waals surface area contributed by atoms with Crippen molar-refractivity contribution in [1.29, 1.82) is 0 Å². The third-order valence-corrected chi connectivity index (χ3v) is 5.47. The van der Waals surface area contributed by atoms with Crippen molar-refractivity contribution < 1.29 is 9.18 Å². The maximum absolute atomic E-state index is 13.0. The zero-order chi connectivity index (χ0) is 18.6. The Morgan fingerprint density at radius 2 is 1.96 bits per heavy atom. The minimum atomic E-state index is -0.247. The molecule has 1 aliphatic heterocycles. The number of nitrogens with zero attached hydrogens (tertiary/aromatic N) is 1. The first-order chi connectivity index (χ1) is 13.2. The number of hydrazine groups is 1. The van der Waals surface area contributed by atoms with E-state index >= 15 is 0 Å². The summed E-state index contributed by atoms with van der Waals surface area (Å²) in [5.74, 6) is -0.538. The number of carbonyl (C=O) groups is 1. The highest BCUT2D eigenvalue weighted by Gasteiger charge is 2.34. The van der Waals surface area contributed by atoms with Crippen LogP contribution < -0.4 is 16.2 Å². The van der Waals surface area contributed by atoms with Crippen LogP contribution in [-0.4, -0.2) is 17.4 Å². The largest absolute Gasteiger partial charge is 0.302 e. The highest BCUT2D eigenvalue weighted by atomic mass is 32.1. The van der Waals surface area contributed by atoms with Crippen LogP contribution in [0.2, 0.25) is 0 Å². The van der Waals surface area contributed by atoms with Gasteiger partial charge in [-0.25, -0.2) is 14.8 Å². The van der Waals surface area contributed by atoms with E-state index in [4.69, 9.17) is 0 Å². The molecule has 1 aromatic heterocycles. The highest BCUT2D eigenvalue weighted by molar-refractivity contribution is 7.15. The van der Waals surface area contributed by atoms with Gasteiger partial charge in [0.2, 0.25) is 5.91 Å². The fourth-order valence-corrected chi connectivity index (χ4v) is 4.02. The van der Waals surface area contributed by atoms with Gasteiger partial charge in [-0.05, 0) is 23.3 Å². The van der Waals surface area contributed by atoms with Crippen LogP contribution in [0.1, 0.15) is 22.0 Å². The van der Waals surface area contributed by atoms with E-state index in [2.05, 4.69) is 21.2 Å². The third kappa shape index (κ3) is 4.21. The van der Waals surface area contributed by atoms with Gasteiger partial charge in [0.25, 0.3) is 0 Å². The number of carbonyl (C=O) groups excluding carboxylic acids is 1. The Hall–Kier alpha value is -2.61. The van der Waals surface area contributed by atoms with Crippen LogP contribution in [0, 0.1) is 11.7 Å². The third-order valence-electron chi connectivity index (χ3n) is 4.55. The van der Waals surface area contributed by atoms with E-state index in [-0.39, 0.29) is 23.7 Å². The monoisotopic (exact) mass is 382 g/mol. The standard InChI is InChI=1S/C20H19FN4OS/c21-15-8-6-13(7-9-15)10-16-11-22-20(27-16)24-19(26)17-12-23-25-18(17)14-4-2-1-3-5-14/h1-9,11,17-18,23,25H,10,12H2,(H,22,24,26). The Bertz CT molecular complexity index is 913. The molecule has 7 heteroatoms. The fraction of sp³-hybridized carbons (Fsp3) is 0.200. The van der Waals surface area contributed by atoms with Gasteiger partial charge in [-0.15, -0.1) is 11.3 Å². The number of rotatable bonds is 5. The lowest BCUT2D eigenvalue weighted by Crippen LogP contribution is -2.29. The van der Waals surface area contributed by atoms with Crippen molar-refractivity contribution in [2.75, 3.05) is 11.9 Å². The van der Waals surface area contributed by atoms with Gasteiger partial charge < -0.3 is 5.32 Å². The molecule has 3 aromatic rings. The molecule has 138 valence electrons. The summed E-state index contributed by atoms with van der Waals surface area (Å²) in [4.78, 5) is 18.1. The van der Waals surface area contributed by atoms with E-state index in [9.17, 15) is 9.18 Å². The highest BCUT2D eigenvalue weighted by Crippen LogP contribution is 2.27. The van der Waals surface area contributed by atoms with E-state index in [0.717, 1.165) is 16.0 Å². The van der Waals surface area contributed by atoms with Crippen LogP contribution >= 0.6 is 11.3 Å². The second-order valence-corrected chi connectivity index (χ2v) is 7.56. The van der Waals surface area contributed by atoms with Crippen LogP contribution in [0.15, 0.2) is 60.8 Å². The van der Waals surface area contributed by atoms with Gasteiger partial charge in [-0.3, -0.25) is 10.2 Å². The van der Waals surface area contributed by atoms with Gasteiger partial charge in [-0.1, -0.05) is 42.5 Å². The van der Waals surface area contributed by atoms with Gasteiger partial charge in [0.1, 0.15) is 5.82 Å². The maximum Gasteiger partial charge on any atom is 0.232 e. The number of thiazole rings is 1. The molecule has 1 saturated heterocycles. The van der Waals surface area contributed by atoms with Crippen molar-refractivity contribution in [3.63, 3.8) is 0 Å². The zero-order valence-corrected chi connectivity index (χ0v) is 15.3. The molecule has 27 heavy (non-hydrogen) atoms. The number of nitrogens with one attached hydrogen (secondary N) is 3. The Morgan fingerprint density at radius 3 is 2.74 bits per heavy atom. The first-order valence-electron chi connectivity index (χ1n) is 8.72. The van der Waals surface area contributed by atoms with Crippen LogP contribution in [-0.2, 0) is 11.2 Å². The summed E-state index contributed by atoms with van der Waals surface area (Å²) in [6.45, 7) is 0.555. The second-order valence-electron chi connectivity index (χ2n) is 6.44. The SMILES string of the molecule is O=C(Nc1ncc(Cc2ccc(F)cc2)s1)C1CNNC1c1ccccc1. The number of halogens is 1. The summed E-state index contributed by atoms with van der Waals surface area (Å²) in [5, 5.41) is 3.51. The van der Waals surface area contributed by atoms with Gasteiger partial charge in [-0.2, -0.15) is 0 Å². The fourth-order valence-electron chi connectivity index (χ4n) is 3.17. The summed E-state index contributed by atoms with van der Waals surface area (Å²) >= 11 is 1.44. The quantitative estimate of drug-likeness (QED) is 0.634. The molecular weight excluding hydrogens is 363 g/mol. The summed E-state index contributed by atoms with van der Waals surface area (Å²) in [6.07, 6.45) is 2.41. The second kappa shape index (κ2) is 7.96. The number of amides is 1. The van der Waals surface area contributed by atoms with Crippen molar-refractivity contribution in [1.82, 2.24) is 15.8 Å². The maximum atomic E-state index is 13.0. The Balaban J connectivity index is 1.41. The number of hydrogen-bond donors (Lipinski definition) is 3. The molecule has 2 atom stereocenters. The van der Waals surface area contributed by atoms with Crippen molar-refractivity contribution in [2.24, 2.45) is 5.92 Å². The van der Waals surface area contributed by atoms with Crippen LogP contribution in [0.25, 0.3) is 0 Å². The number of anilines is 1. The molecule has 0 spiro atoms. The van der Waals surface area contributed by atoms with Crippen molar-refractivity contribution in [2.45, 2.75) is 12.5 Å². The van der Waals surface area contributed by atoms with Gasteiger partial charge in [0.05, 0.1) is 12.0 Å². The smallest absolute Gasteiger partial charge is 0.232 e. The Morgan fingerprint density at radius 1 is 1.19 bits per heavy atom. The van der Waals surface area contributed by atoms with Crippen LogP contribution in [0.5, 0.6) is 0 Å². The van der Waals surface area contributed by atoms with E-state index in [1.165, 1.54) is 23.5 Å². The molecule has 3 N–H and O–H groups in total. The van der Waals surface area contributed by atoms with Gasteiger partial charge in [0, 0.05) is 24.0 Å². The van der Waals surface area contributed by atoms with Crippen LogP contribution in [0.3, 0.4) is 0 Å². The normalized spacial score (nSPS) is 19.1. The van der Waals surface area contributed by atoms with Crippen LogP contribution in [0.4, 0.5) is 9.52 Å². The molecule has 2 unspecified atom stereocenters. The average Bonchev–Trinajstić information content (AvgIpc) is 3.34. The predicted octanol–water partition coefficient (Wildman–Crippen LogP) is 3.28. The van der Waals surface area contributed by atoms with Gasteiger partial charge in [0.15, 0.2) is 5.13 Å². The van der Waals surface area contributed by atoms with E-state index in [1.807, 2.05) is 30.3 Å². The molecule has 2 aromatic carbocycles. The number of benzene rings is 2. The molecule has 1 amide bonds. The minimum Gasteiger partial charge on any atom is -0.302 e. The molecule has 0 aliphatic carbocycles. The summed E-state index contributed by atoms with van der Waals surface area (Å²) in [5.41, 5.74) is 8.32. The minimum absolute atomic E-state index is 0.0657. The van der Waals surface area contributed by atoms with Crippen molar-refractivity contribution in [3.05, 3.63) is 82.6 Å². The Kier molecular flexibility index (Phi) is 5.24. The first kappa shape index (κ1) is 17.8. The van der Waals surface area contributed by atoms with Crippen molar-refractivity contribution in [3.8, 4) is 0 Å². The number of aromatic nitrogens is 1. The lowest BCUT2D eigenvalue weighted by atomic mass is 9.94. The number of hydrogen-bond acceptors (Lipinski definition) is 5. The molecule has 2 heterocycles. The molecule has 1 fully saturated rings. The zero-order valence-electron chi connectivity index (χ0n) is 14.5. The lowest BCUT2D eigenvalue weighted by molar-refractivity contribution is -0.119. The summed E-state index contributed by atoms with van der Waals surface area (Å²) in [7, 11) is 0. The topological polar surface area (TPSA) is 66.0 Å². The Labute approximate surface area is 160 Å². The van der Waals surface area contributed by atoms with E-state index in [0.29, 0.717) is 18.1 Å². The average molecular weight is 382 g/mol. The summed E-state index contributed by atoms with van der Waals surface area (Å²) in [6, 6.07) is 16.2. The predicted molar refractivity (Wildman–Crippen MR) is 104 cm³/mol. The van der Waals surface area contributed by atoms with E-state index in [1.54, 1.807) is 18.3 Å². The molecule has 0 saturated carbocycles. The molecule has 0 bridgehead atoms. The van der Waals surface area contributed by atoms with E-state index < -0.39 is 0 Å². The lowest BCUT2D eigenvalue weighted by Gasteiger charge is -2.17. The first-order valence-corrected chi connectivity index (χ1v) is 9.54. The van der Waals surface area contributed by atoms with Crippen molar-refractivity contribution >= 4 is 22.4 Å². The summed E-state index contributed by atoms with van der Waals surface area (Å²) < 4.78 is 13.0. The molecule has 4 rings (SSSR count).